The average Bonchev–Trinajstić information content (AvgIpc) is 2.43. The Bertz CT molecular complexity index is 112. The first kappa shape index (κ1) is 8.41. The molecule has 0 radical (unpaired) electrons. The number of allylic oxidation sites excluding steroid dienone is 2. The van der Waals surface area contributed by atoms with Crippen LogP contribution in [0.4, 0.5) is 0 Å². The molecule has 52 valence electrons. The summed E-state index contributed by atoms with van der Waals surface area (Å²) in [7, 11) is 0. The first-order valence-electron chi connectivity index (χ1n) is 3.65. The van der Waals surface area contributed by atoms with Gasteiger partial charge in [-0.25, -0.2) is 0 Å². The number of rotatable bonds is 1. The molecule has 0 spiro atoms. The van der Waals surface area contributed by atoms with Crippen LogP contribution in [0.15, 0.2) is 16.8 Å². The van der Waals surface area contributed by atoms with Gasteiger partial charge in [0.05, 0.1) is 0 Å². The second kappa shape index (κ2) is 5.54. The second-order valence-corrected chi connectivity index (χ2v) is 1.60. The van der Waals surface area contributed by atoms with Crippen LogP contribution < -0.4 is 0 Å². The molecule has 1 rings (SSSR count). The maximum atomic E-state index is 4.09. The van der Waals surface area contributed by atoms with Crippen molar-refractivity contribution in [2.75, 3.05) is 0 Å². The highest BCUT2D eigenvalue weighted by Gasteiger charge is 1.91. The minimum Gasteiger partial charge on any atom is -0.266 e. The molecule has 0 saturated heterocycles. The summed E-state index contributed by atoms with van der Waals surface area (Å²) in [5, 5.41) is 0. The Balaban J connectivity index is 0.000000291. The first-order valence-corrected chi connectivity index (χ1v) is 3.65. The molecule has 0 N–H and O–H groups in total. The summed E-state index contributed by atoms with van der Waals surface area (Å²) in [6.07, 6.45) is 6.22. The fraction of sp³-hybridized carbons (Fsp3) is 0.625. The first-order chi connectivity index (χ1) is 4.43. The average molecular weight is 125 g/mol. The number of hydrogen-bond donors (Lipinski definition) is 0. The summed E-state index contributed by atoms with van der Waals surface area (Å²) in [5.41, 5.74) is 1.24. The molecular weight excluding hydrogens is 110 g/mol. The van der Waals surface area contributed by atoms with E-state index in [-0.39, 0.29) is 0 Å². The molecule has 0 unspecified atom stereocenters. The molecule has 1 nitrogen and oxygen atoms in total. The molecule has 0 saturated carbocycles. The number of nitrogens with zero attached hydrogens (tertiary/aromatic N) is 1. The van der Waals surface area contributed by atoms with Gasteiger partial charge in [0.25, 0.3) is 0 Å². The zero-order chi connectivity index (χ0) is 7.11. The van der Waals surface area contributed by atoms with E-state index in [1.165, 1.54) is 5.70 Å². The molecule has 0 aromatic heterocycles. The highest BCUT2D eigenvalue weighted by molar-refractivity contribution is 5.64. The molecule has 1 heterocycles. The van der Waals surface area contributed by atoms with Crippen molar-refractivity contribution in [3.63, 3.8) is 0 Å². The minimum atomic E-state index is 1.04. The van der Waals surface area contributed by atoms with Crippen molar-refractivity contribution in [3.05, 3.63) is 11.8 Å². The van der Waals surface area contributed by atoms with Crippen LogP contribution in [0, 0.1) is 0 Å². The lowest BCUT2D eigenvalue weighted by molar-refractivity contribution is 1.08. The van der Waals surface area contributed by atoms with Gasteiger partial charge in [-0.1, -0.05) is 26.8 Å². The van der Waals surface area contributed by atoms with E-state index in [0.717, 1.165) is 12.8 Å². The van der Waals surface area contributed by atoms with Crippen molar-refractivity contribution >= 4 is 6.21 Å². The van der Waals surface area contributed by atoms with Crippen molar-refractivity contribution in [2.45, 2.75) is 33.6 Å². The Hall–Kier alpha value is -0.590. The zero-order valence-corrected chi connectivity index (χ0v) is 6.52. The SMILES string of the molecule is CC.CCC1=CCC=N1. The summed E-state index contributed by atoms with van der Waals surface area (Å²) >= 11 is 0. The van der Waals surface area contributed by atoms with Crippen LogP contribution >= 0.6 is 0 Å². The van der Waals surface area contributed by atoms with Gasteiger partial charge in [-0.05, 0) is 6.42 Å². The van der Waals surface area contributed by atoms with Crippen LogP contribution in [0.5, 0.6) is 0 Å². The van der Waals surface area contributed by atoms with Crippen molar-refractivity contribution < 1.29 is 0 Å². The van der Waals surface area contributed by atoms with E-state index in [1.807, 2.05) is 20.1 Å². The Morgan fingerprint density at radius 1 is 1.56 bits per heavy atom. The predicted octanol–water partition coefficient (Wildman–Crippen LogP) is 2.78. The van der Waals surface area contributed by atoms with Gasteiger partial charge in [0.1, 0.15) is 0 Å². The van der Waals surface area contributed by atoms with Crippen LogP contribution in [0.25, 0.3) is 0 Å². The monoisotopic (exact) mass is 125 g/mol. The Kier molecular flexibility index (Phi) is 5.18. The van der Waals surface area contributed by atoms with Gasteiger partial charge in [0.15, 0.2) is 0 Å². The Morgan fingerprint density at radius 2 is 2.22 bits per heavy atom. The molecule has 0 aliphatic carbocycles. The Morgan fingerprint density at radius 3 is 2.44 bits per heavy atom. The lowest BCUT2D eigenvalue weighted by atomic mass is 10.3. The topological polar surface area (TPSA) is 12.4 Å². The van der Waals surface area contributed by atoms with Gasteiger partial charge >= 0.3 is 0 Å². The van der Waals surface area contributed by atoms with Crippen LogP contribution in [0.2, 0.25) is 0 Å². The third-order valence-corrected chi connectivity index (χ3v) is 1.08. The molecule has 0 amide bonds. The summed E-state index contributed by atoms with van der Waals surface area (Å²) < 4.78 is 0. The molecule has 0 fully saturated rings. The van der Waals surface area contributed by atoms with Gasteiger partial charge < -0.3 is 0 Å². The summed E-state index contributed by atoms with van der Waals surface area (Å²) in [6.45, 7) is 6.12. The minimum absolute atomic E-state index is 1.04. The largest absolute Gasteiger partial charge is 0.266 e. The normalized spacial score (nSPS) is 14.3. The van der Waals surface area contributed by atoms with Crippen LogP contribution in [-0.4, -0.2) is 6.21 Å². The molecule has 0 bridgehead atoms. The molecule has 9 heavy (non-hydrogen) atoms. The molecule has 0 atom stereocenters. The highest BCUT2D eigenvalue weighted by atomic mass is 14.7. The van der Waals surface area contributed by atoms with Crippen molar-refractivity contribution in [3.8, 4) is 0 Å². The zero-order valence-electron chi connectivity index (χ0n) is 6.52. The summed E-state index contributed by atoms with van der Waals surface area (Å²) in [5.74, 6) is 0. The van der Waals surface area contributed by atoms with Gasteiger partial charge in [0, 0.05) is 18.3 Å². The van der Waals surface area contributed by atoms with E-state index in [2.05, 4.69) is 18.0 Å². The van der Waals surface area contributed by atoms with Gasteiger partial charge in [-0.3, -0.25) is 4.99 Å². The van der Waals surface area contributed by atoms with E-state index in [0.29, 0.717) is 0 Å². The van der Waals surface area contributed by atoms with Crippen molar-refractivity contribution in [2.24, 2.45) is 4.99 Å². The highest BCUT2D eigenvalue weighted by Crippen LogP contribution is 2.07. The smallest absolute Gasteiger partial charge is 0.0360 e. The third kappa shape index (κ3) is 3.07. The van der Waals surface area contributed by atoms with Crippen LogP contribution in [0.3, 0.4) is 0 Å². The maximum absolute atomic E-state index is 4.09. The fourth-order valence-electron chi connectivity index (χ4n) is 0.647. The Labute approximate surface area is 57.5 Å². The van der Waals surface area contributed by atoms with E-state index < -0.39 is 0 Å². The van der Waals surface area contributed by atoms with E-state index in [9.17, 15) is 0 Å². The molecule has 1 aliphatic heterocycles. The number of aliphatic imine (C=N–C) groups is 1. The lowest BCUT2D eigenvalue weighted by Crippen LogP contribution is -1.64. The third-order valence-electron chi connectivity index (χ3n) is 1.08. The summed E-state index contributed by atoms with van der Waals surface area (Å²) in [6, 6.07) is 0. The van der Waals surface area contributed by atoms with Crippen LogP contribution in [-0.2, 0) is 0 Å². The van der Waals surface area contributed by atoms with Gasteiger partial charge in [-0.15, -0.1) is 0 Å². The molecule has 0 aromatic rings. The van der Waals surface area contributed by atoms with Crippen molar-refractivity contribution in [1.82, 2.24) is 0 Å². The molecule has 1 aliphatic rings. The predicted molar refractivity (Wildman–Crippen MR) is 42.8 cm³/mol. The lowest BCUT2D eigenvalue weighted by Gasteiger charge is -1.83. The van der Waals surface area contributed by atoms with Gasteiger partial charge in [-0.2, -0.15) is 0 Å². The van der Waals surface area contributed by atoms with Crippen LogP contribution in [0.1, 0.15) is 33.6 Å². The molecular formula is C8H15N. The van der Waals surface area contributed by atoms with E-state index in [1.54, 1.807) is 0 Å². The maximum Gasteiger partial charge on any atom is 0.0360 e. The van der Waals surface area contributed by atoms with Crippen molar-refractivity contribution in [1.29, 1.82) is 0 Å². The quantitative estimate of drug-likeness (QED) is 0.511. The van der Waals surface area contributed by atoms with E-state index in [4.69, 9.17) is 0 Å². The van der Waals surface area contributed by atoms with Gasteiger partial charge in [0.2, 0.25) is 0 Å². The van der Waals surface area contributed by atoms with E-state index >= 15 is 0 Å². The second-order valence-electron chi connectivity index (χ2n) is 1.60. The molecule has 0 aromatic carbocycles. The summed E-state index contributed by atoms with van der Waals surface area (Å²) in [4.78, 5) is 4.09. The number of hydrogen-bond acceptors (Lipinski definition) is 1. The molecule has 1 heteroatoms. The fourth-order valence-corrected chi connectivity index (χ4v) is 0.647. The standard InChI is InChI=1S/C6H9N.C2H6/c1-2-6-4-3-5-7-6;1-2/h4-5H,2-3H2,1H3;1-2H3.